The zero-order valence-corrected chi connectivity index (χ0v) is 11.3. The van der Waals surface area contributed by atoms with Crippen LogP contribution in [0, 0.1) is 5.92 Å². The van der Waals surface area contributed by atoms with Crippen LogP contribution in [-0.4, -0.2) is 55.5 Å². The Morgan fingerprint density at radius 2 is 1.88 bits per heavy atom. The van der Waals surface area contributed by atoms with Crippen molar-refractivity contribution in [2.45, 2.75) is 44.9 Å². The number of hydrogen-bond acceptors (Lipinski definition) is 4. The van der Waals surface area contributed by atoms with Gasteiger partial charge in [0, 0.05) is 31.8 Å². The second-order valence-corrected chi connectivity index (χ2v) is 5.70. The SMILES string of the molecule is CC1CN(C2(CN)CCOCC2C)CC(C)O1. The normalized spacial score (nSPS) is 44.8. The number of rotatable bonds is 2. The second kappa shape index (κ2) is 5.22. The van der Waals surface area contributed by atoms with Gasteiger partial charge in [-0.3, -0.25) is 4.90 Å². The molecule has 0 amide bonds. The predicted molar refractivity (Wildman–Crippen MR) is 68.0 cm³/mol. The Kier molecular flexibility index (Phi) is 4.08. The van der Waals surface area contributed by atoms with Crippen LogP contribution in [0.15, 0.2) is 0 Å². The molecule has 2 aliphatic heterocycles. The highest BCUT2D eigenvalue weighted by molar-refractivity contribution is 4.99. The maximum atomic E-state index is 6.11. The predicted octanol–water partition coefficient (Wildman–Crippen LogP) is 0.850. The first kappa shape index (κ1) is 13.3. The van der Waals surface area contributed by atoms with Gasteiger partial charge in [0.2, 0.25) is 0 Å². The van der Waals surface area contributed by atoms with Crippen LogP contribution in [0.25, 0.3) is 0 Å². The van der Waals surface area contributed by atoms with E-state index in [1.807, 2.05) is 0 Å². The summed E-state index contributed by atoms with van der Waals surface area (Å²) in [6, 6.07) is 0. The van der Waals surface area contributed by atoms with Crippen LogP contribution in [0.4, 0.5) is 0 Å². The molecule has 0 radical (unpaired) electrons. The number of nitrogens with two attached hydrogens (primary N) is 1. The van der Waals surface area contributed by atoms with Gasteiger partial charge < -0.3 is 15.2 Å². The highest BCUT2D eigenvalue weighted by Crippen LogP contribution is 2.34. The van der Waals surface area contributed by atoms with Crippen molar-refractivity contribution < 1.29 is 9.47 Å². The van der Waals surface area contributed by atoms with Crippen molar-refractivity contribution in [1.82, 2.24) is 4.90 Å². The van der Waals surface area contributed by atoms with E-state index in [1.54, 1.807) is 0 Å². The molecule has 0 bridgehead atoms. The van der Waals surface area contributed by atoms with Gasteiger partial charge in [-0.15, -0.1) is 0 Å². The van der Waals surface area contributed by atoms with E-state index in [0.717, 1.165) is 39.3 Å². The minimum atomic E-state index is 0.116. The van der Waals surface area contributed by atoms with E-state index in [4.69, 9.17) is 15.2 Å². The molecule has 4 atom stereocenters. The molecule has 0 aromatic rings. The van der Waals surface area contributed by atoms with Gasteiger partial charge in [-0.25, -0.2) is 0 Å². The van der Waals surface area contributed by atoms with Crippen molar-refractivity contribution in [3.8, 4) is 0 Å². The molecule has 2 rings (SSSR count). The maximum absolute atomic E-state index is 6.11. The lowest BCUT2D eigenvalue weighted by molar-refractivity contribution is -0.138. The molecule has 0 aliphatic carbocycles. The number of nitrogens with zero attached hydrogens (tertiary/aromatic N) is 1. The fraction of sp³-hybridized carbons (Fsp3) is 1.00. The van der Waals surface area contributed by atoms with Crippen molar-refractivity contribution in [1.29, 1.82) is 0 Å². The Labute approximate surface area is 104 Å². The van der Waals surface area contributed by atoms with Gasteiger partial charge in [0.25, 0.3) is 0 Å². The summed E-state index contributed by atoms with van der Waals surface area (Å²) in [5.74, 6) is 0.499. The molecule has 2 N–H and O–H groups in total. The first-order valence-electron chi connectivity index (χ1n) is 6.77. The molecule has 2 saturated heterocycles. The molecule has 4 heteroatoms. The van der Waals surface area contributed by atoms with Crippen molar-refractivity contribution >= 4 is 0 Å². The molecule has 4 unspecified atom stereocenters. The molecule has 0 aromatic heterocycles. The zero-order chi connectivity index (χ0) is 12.5. The van der Waals surface area contributed by atoms with Gasteiger partial charge in [-0.1, -0.05) is 6.92 Å². The topological polar surface area (TPSA) is 47.7 Å². The van der Waals surface area contributed by atoms with Crippen LogP contribution in [0.5, 0.6) is 0 Å². The molecular formula is C13H26N2O2. The lowest BCUT2D eigenvalue weighted by Crippen LogP contribution is -2.65. The zero-order valence-electron chi connectivity index (χ0n) is 11.3. The smallest absolute Gasteiger partial charge is 0.0678 e. The maximum Gasteiger partial charge on any atom is 0.0678 e. The highest BCUT2D eigenvalue weighted by atomic mass is 16.5. The summed E-state index contributed by atoms with van der Waals surface area (Å²) in [5.41, 5.74) is 6.23. The lowest BCUT2D eigenvalue weighted by atomic mass is 9.78. The van der Waals surface area contributed by atoms with E-state index >= 15 is 0 Å². The van der Waals surface area contributed by atoms with Gasteiger partial charge in [-0.05, 0) is 26.2 Å². The largest absolute Gasteiger partial charge is 0.381 e. The Morgan fingerprint density at radius 1 is 1.24 bits per heavy atom. The molecular weight excluding hydrogens is 216 g/mol. The summed E-state index contributed by atoms with van der Waals surface area (Å²) in [4.78, 5) is 2.55. The van der Waals surface area contributed by atoms with E-state index in [-0.39, 0.29) is 5.54 Å². The first-order valence-corrected chi connectivity index (χ1v) is 6.77. The van der Waals surface area contributed by atoms with Crippen LogP contribution < -0.4 is 5.73 Å². The fourth-order valence-corrected chi connectivity index (χ4v) is 3.35. The highest BCUT2D eigenvalue weighted by Gasteiger charge is 2.44. The Hall–Kier alpha value is -0.160. The van der Waals surface area contributed by atoms with Crippen molar-refractivity contribution in [2.24, 2.45) is 11.7 Å². The van der Waals surface area contributed by atoms with Gasteiger partial charge in [0.1, 0.15) is 0 Å². The Bertz CT molecular complexity index is 252. The second-order valence-electron chi connectivity index (χ2n) is 5.70. The summed E-state index contributed by atoms with van der Waals surface area (Å²) in [6.07, 6.45) is 1.65. The summed E-state index contributed by atoms with van der Waals surface area (Å²) >= 11 is 0. The van der Waals surface area contributed by atoms with Crippen LogP contribution >= 0.6 is 0 Å². The number of hydrogen-bond donors (Lipinski definition) is 1. The quantitative estimate of drug-likeness (QED) is 0.780. The molecule has 2 aliphatic rings. The minimum absolute atomic E-state index is 0.116. The lowest BCUT2D eigenvalue weighted by Gasteiger charge is -2.53. The Morgan fingerprint density at radius 3 is 2.41 bits per heavy atom. The molecule has 2 fully saturated rings. The third kappa shape index (κ3) is 2.50. The van der Waals surface area contributed by atoms with E-state index in [9.17, 15) is 0 Å². The molecule has 2 heterocycles. The average molecular weight is 242 g/mol. The fourth-order valence-electron chi connectivity index (χ4n) is 3.35. The van der Waals surface area contributed by atoms with Gasteiger partial charge >= 0.3 is 0 Å². The van der Waals surface area contributed by atoms with Crippen LogP contribution in [0.1, 0.15) is 27.2 Å². The van der Waals surface area contributed by atoms with E-state index in [0.29, 0.717) is 18.1 Å². The number of morpholine rings is 1. The standard InChI is InChI=1S/C13H26N2O2/c1-10-8-16-5-4-13(10,9-14)15-6-11(2)17-12(3)7-15/h10-12H,4-9,14H2,1-3H3. The molecule has 0 spiro atoms. The van der Waals surface area contributed by atoms with E-state index in [1.165, 1.54) is 0 Å². The molecule has 100 valence electrons. The van der Waals surface area contributed by atoms with Crippen molar-refractivity contribution in [3.63, 3.8) is 0 Å². The summed E-state index contributed by atoms with van der Waals surface area (Å²) in [7, 11) is 0. The third-order valence-corrected chi connectivity index (χ3v) is 4.37. The Balaban J connectivity index is 2.15. The van der Waals surface area contributed by atoms with E-state index in [2.05, 4.69) is 25.7 Å². The molecule has 0 aromatic carbocycles. The molecule has 17 heavy (non-hydrogen) atoms. The average Bonchev–Trinajstić information content (AvgIpc) is 2.28. The van der Waals surface area contributed by atoms with Crippen molar-refractivity contribution in [3.05, 3.63) is 0 Å². The van der Waals surface area contributed by atoms with Crippen LogP contribution in [0.3, 0.4) is 0 Å². The van der Waals surface area contributed by atoms with Gasteiger partial charge in [0.15, 0.2) is 0 Å². The monoisotopic (exact) mass is 242 g/mol. The van der Waals surface area contributed by atoms with Crippen molar-refractivity contribution in [2.75, 3.05) is 32.8 Å². The summed E-state index contributed by atoms with van der Waals surface area (Å²) in [6.45, 7) is 10.9. The van der Waals surface area contributed by atoms with Gasteiger partial charge in [-0.2, -0.15) is 0 Å². The summed E-state index contributed by atoms with van der Waals surface area (Å²) < 4.78 is 11.4. The number of ether oxygens (including phenoxy) is 2. The summed E-state index contributed by atoms with van der Waals surface area (Å²) in [5, 5.41) is 0. The third-order valence-electron chi connectivity index (χ3n) is 4.37. The first-order chi connectivity index (χ1) is 8.08. The van der Waals surface area contributed by atoms with Crippen LogP contribution in [-0.2, 0) is 9.47 Å². The van der Waals surface area contributed by atoms with Gasteiger partial charge in [0.05, 0.1) is 18.8 Å². The molecule has 4 nitrogen and oxygen atoms in total. The minimum Gasteiger partial charge on any atom is -0.381 e. The van der Waals surface area contributed by atoms with E-state index < -0.39 is 0 Å². The van der Waals surface area contributed by atoms with Crippen LogP contribution in [0.2, 0.25) is 0 Å². The molecule has 0 saturated carbocycles.